The summed E-state index contributed by atoms with van der Waals surface area (Å²) >= 11 is 6.84. The first kappa shape index (κ1) is 30.9. The van der Waals surface area contributed by atoms with Crippen LogP contribution >= 0.6 is 24.0 Å². The van der Waals surface area contributed by atoms with Gasteiger partial charge in [-0.3, -0.25) is 23.9 Å². The summed E-state index contributed by atoms with van der Waals surface area (Å²) in [6.45, 7) is 6.21. The van der Waals surface area contributed by atoms with E-state index in [1.807, 2.05) is 6.08 Å². The lowest BCUT2D eigenvalue weighted by molar-refractivity contribution is -0.137. The van der Waals surface area contributed by atoms with Crippen molar-refractivity contribution in [1.29, 1.82) is 5.26 Å². The molecule has 3 heterocycles. The number of thioether (sulfide) groups is 1. The van der Waals surface area contributed by atoms with E-state index < -0.39 is 5.97 Å². The molecular formula is C29H40N4O4S2. The van der Waals surface area contributed by atoms with Crippen molar-refractivity contribution in [2.75, 3.05) is 24.5 Å². The van der Waals surface area contributed by atoms with Gasteiger partial charge in [-0.15, -0.1) is 0 Å². The summed E-state index contributed by atoms with van der Waals surface area (Å²) in [6.07, 6.45) is 12.2. The number of carbonyl (C=O) groups excluding carboxylic acids is 1. The third kappa shape index (κ3) is 7.95. The third-order valence-electron chi connectivity index (χ3n) is 7.60. The van der Waals surface area contributed by atoms with E-state index in [4.69, 9.17) is 17.3 Å². The van der Waals surface area contributed by atoms with E-state index in [9.17, 15) is 19.6 Å². The Morgan fingerprint density at radius 1 is 1.15 bits per heavy atom. The molecule has 0 saturated carbocycles. The number of pyridine rings is 1. The van der Waals surface area contributed by atoms with Crippen LogP contribution in [0.5, 0.6) is 0 Å². The van der Waals surface area contributed by atoms with Crippen LogP contribution in [0.3, 0.4) is 0 Å². The first-order chi connectivity index (χ1) is 18.6. The standard InChI is InChI=1S/C29H40N4O4S2/c1-20-13-12-15-32(19-20)26-22(21(2)23(18-30)27(36)31(26)3)17-24-28(37)33(29(38)39-24)16-11-9-7-5-4-6-8-10-14-25(34)35/h17,20H,4-16,19H2,1-3H3,(H,34,35)/b24-17-. The first-order valence-electron chi connectivity index (χ1n) is 14.0. The molecule has 1 aromatic heterocycles. The van der Waals surface area contributed by atoms with Crippen molar-refractivity contribution in [3.63, 3.8) is 0 Å². The van der Waals surface area contributed by atoms with Crippen LogP contribution in [0.1, 0.15) is 94.2 Å². The Hall–Kier alpha value is -2.64. The Morgan fingerprint density at radius 2 is 1.79 bits per heavy atom. The molecule has 212 valence electrons. The first-order valence-corrected chi connectivity index (χ1v) is 15.2. The van der Waals surface area contributed by atoms with E-state index in [1.54, 1.807) is 23.4 Å². The Bertz CT molecular complexity index is 1220. The number of carboxylic acid groups (broad SMARTS) is 1. The lowest BCUT2D eigenvalue weighted by Crippen LogP contribution is -2.39. The van der Waals surface area contributed by atoms with Crippen molar-refractivity contribution in [3.8, 4) is 6.07 Å². The second kappa shape index (κ2) is 14.7. The summed E-state index contributed by atoms with van der Waals surface area (Å²) in [7, 11) is 1.70. The van der Waals surface area contributed by atoms with Crippen LogP contribution in [-0.2, 0) is 16.6 Å². The summed E-state index contributed by atoms with van der Waals surface area (Å²) in [5.74, 6) is 0.409. The van der Waals surface area contributed by atoms with Crippen LogP contribution in [0.25, 0.3) is 6.08 Å². The molecule has 2 fully saturated rings. The van der Waals surface area contributed by atoms with Gasteiger partial charge in [-0.25, -0.2) is 0 Å². The maximum absolute atomic E-state index is 13.4. The molecule has 0 aromatic carbocycles. The van der Waals surface area contributed by atoms with Gasteiger partial charge < -0.3 is 10.0 Å². The van der Waals surface area contributed by atoms with Crippen molar-refractivity contribution in [1.82, 2.24) is 9.47 Å². The number of anilines is 1. The van der Waals surface area contributed by atoms with Crippen molar-refractivity contribution >= 4 is 52.1 Å². The minimum atomic E-state index is -0.728. The molecule has 8 nitrogen and oxygen atoms in total. The monoisotopic (exact) mass is 572 g/mol. The topological polar surface area (TPSA) is 107 Å². The number of amides is 1. The van der Waals surface area contributed by atoms with Gasteiger partial charge in [0.05, 0.1) is 4.91 Å². The maximum atomic E-state index is 13.4. The summed E-state index contributed by atoms with van der Waals surface area (Å²) in [6, 6.07) is 2.07. The van der Waals surface area contributed by atoms with Crippen LogP contribution < -0.4 is 10.5 Å². The van der Waals surface area contributed by atoms with Gasteiger partial charge in [0, 0.05) is 38.7 Å². The molecular weight excluding hydrogens is 532 g/mol. The van der Waals surface area contributed by atoms with E-state index in [2.05, 4.69) is 17.9 Å². The van der Waals surface area contributed by atoms with Gasteiger partial charge in [-0.2, -0.15) is 5.26 Å². The van der Waals surface area contributed by atoms with Gasteiger partial charge in [-0.1, -0.05) is 69.4 Å². The average Bonchev–Trinajstić information content (AvgIpc) is 3.15. The van der Waals surface area contributed by atoms with E-state index in [0.29, 0.717) is 27.3 Å². The molecule has 1 unspecified atom stereocenters. The molecule has 1 aromatic rings. The number of hydrogen-bond donors (Lipinski definition) is 1. The zero-order chi connectivity index (χ0) is 28.5. The number of nitrogens with zero attached hydrogens (tertiary/aromatic N) is 4. The number of nitriles is 1. The summed E-state index contributed by atoms with van der Waals surface area (Å²) in [4.78, 5) is 41.3. The number of aliphatic carboxylic acids is 1. The molecule has 10 heteroatoms. The highest BCUT2D eigenvalue weighted by molar-refractivity contribution is 8.26. The van der Waals surface area contributed by atoms with Gasteiger partial charge in [0.2, 0.25) is 0 Å². The van der Waals surface area contributed by atoms with Gasteiger partial charge in [0.25, 0.3) is 11.5 Å². The van der Waals surface area contributed by atoms with Crippen LogP contribution in [0.2, 0.25) is 0 Å². The minimum Gasteiger partial charge on any atom is -0.481 e. The number of carboxylic acids is 1. The lowest BCUT2D eigenvalue weighted by Gasteiger charge is -2.35. The van der Waals surface area contributed by atoms with Crippen molar-refractivity contribution in [2.24, 2.45) is 13.0 Å². The number of carbonyl (C=O) groups is 2. The molecule has 1 atom stereocenters. The van der Waals surface area contributed by atoms with E-state index >= 15 is 0 Å². The molecule has 1 amide bonds. The molecule has 1 N–H and O–H groups in total. The predicted octanol–water partition coefficient (Wildman–Crippen LogP) is 5.60. The molecule has 2 aliphatic heterocycles. The lowest BCUT2D eigenvalue weighted by atomic mass is 9.98. The third-order valence-corrected chi connectivity index (χ3v) is 8.97. The highest BCUT2D eigenvalue weighted by atomic mass is 32.2. The fourth-order valence-electron chi connectivity index (χ4n) is 5.41. The number of unbranched alkanes of at least 4 members (excludes halogenated alkanes) is 7. The van der Waals surface area contributed by atoms with E-state index in [-0.39, 0.29) is 23.5 Å². The molecule has 0 spiro atoms. The summed E-state index contributed by atoms with van der Waals surface area (Å²) in [5, 5.41) is 18.4. The fraction of sp³-hybridized carbons (Fsp3) is 0.621. The molecule has 3 rings (SSSR count). The molecule has 39 heavy (non-hydrogen) atoms. The maximum Gasteiger partial charge on any atom is 0.303 e. The number of piperidine rings is 1. The predicted molar refractivity (Wildman–Crippen MR) is 161 cm³/mol. The average molecular weight is 573 g/mol. The Morgan fingerprint density at radius 3 is 2.41 bits per heavy atom. The van der Waals surface area contributed by atoms with Gasteiger partial charge >= 0.3 is 5.97 Å². The number of hydrogen-bond acceptors (Lipinski definition) is 7. The van der Waals surface area contributed by atoms with Gasteiger partial charge in [0.15, 0.2) is 0 Å². The Balaban J connectivity index is 1.66. The van der Waals surface area contributed by atoms with Crippen molar-refractivity contribution < 1.29 is 14.7 Å². The van der Waals surface area contributed by atoms with Gasteiger partial charge in [-0.05, 0) is 50.2 Å². The largest absolute Gasteiger partial charge is 0.481 e. The highest BCUT2D eigenvalue weighted by Gasteiger charge is 2.33. The zero-order valence-electron chi connectivity index (χ0n) is 23.3. The zero-order valence-corrected chi connectivity index (χ0v) is 25.0. The fourth-order valence-corrected chi connectivity index (χ4v) is 6.70. The molecule has 0 bridgehead atoms. The summed E-state index contributed by atoms with van der Waals surface area (Å²) in [5.41, 5.74) is 1.14. The Labute approximate surface area is 241 Å². The van der Waals surface area contributed by atoms with Crippen LogP contribution in [0, 0.1) is 24.2 Å². The van der Waals surface area contributed by atoms with E-state index in [0.717, 1.165) is 88.7 Å². The normalized spacial score (nSPS) is 18.7. The van der Waals surface area contributed by atoms with Crippen LogP contribution in [0.15, 0.2) is 9.70 Å². The number of thiocarbonyl (C=S) groups is 1. The molecule has 2 saturated heterocycles. The minimum absolute atomic E-state index is 0.106. The molecule has 0 aliphatic carbocycles. The van der Waals surface area contributed by atoms with Crippen molar-refractivity contribution in [3.05, 3.63) is 31.9 Å². The number of aromatic nitrogens is 1. The second-order valence-electron chi connectivity index (χ2n) is 10.7. The van der Waals surface area contributed by atoms with Crippen molar-refractivity contribution in [2.45, 2.75) is 84.5 Å². The SMILES string of the molecule is Cc1c(/C=C2\SC(=S)N(CCCCCCCCCCC(=O)O)C2=O)c(N2CCCC(C)C2)n(C)c(=O)c1C#N. The van der Waals surface area contributed by atoms with E-state index in [1.165, 1.54) is 11.8 Å². The Kier molecular flexibility index (Phi) is 11.6. The van der Waals surface area contributed by atoms with Crippen LogP contribution in [0.4, 0.5) is 5.82 Å². The number of rotatable bonds is 13. The second-order valence-corrected chi connectivity index (χ2v) is 12.4. The highest BCUT2D eigenvalue weighted by Crippen LogP contribution is 2.36. The molecule has 0 radical (unpaired) electrons. The van der Waals surface area contributed by atoms with Crippen LogP contribution in [-0.4, -0.2) is 50.4 Å². The van der Waals surface area contributed by atoms with Gasteiger partial charge in [0.1, 0.15) is 21.8 Å². The molecule has 2 aliphatic rings. The smallest absolute Gasteiger partial charge is 0.303 e. The summed E-state index contributed by atoms with van der Waals surface area (Å²) < 4.78 is 2.10. The quantitative estimate of drug-likeness (QED) is 0.185.